The van der Waals surface area contributed by atoms with Gasteiger partial charge in [0.2, 0.25) is 0 Å². The highest BCUT2D eigenvalue weighted by Crippen LogP contribution is 2.40. The molecule has 0 saturated heterocycles. The summed E-state index contributed by atoms with van der Waals surface area (Å²) >= 11 is 6.68. The summed E-state index contributed by atoms with van der Waals surface area (Å²) in [7, 11) is 0. The molecule has 2 N–H and O–H groups in total. The SMILES string of the molecule is CC(C)C1=CN(C[C@H]2C[C@H](C(=O)O)C2)C(=O)N[C@@]1(C)c1ccc(CCC(C)(C)C)c(Cl)c1. The number of rotatable bonds is 7. The molecule has 5 nitrogen and oxygen atoms in total. The summed E-state index contributed by atoms with van der Waals surface area (Å²) in [6, 6.07) is 6.02. The van der Waals surface area contributed by atoms with E-state index in [0.717, 1.165) is 34.6 Å². The highest BCUT2D eigenvalue weighted by molar-refractivity contribution is 6.31. The Bertz CT molecular complexity index is 912. The summed E-state index contributed by atoms with van der Waals surface area (Å²) in [6.07, 6.45) is 5.21. The molecule has 6 heteroatoms. The fourth-order valence-corrected chi connectivity index (χ4v) is 5.02. The number of urea groups is 1. The van der Waals surface area contributed by atoms with E-state index in [-0.39, 0.29) is 29.2 Å². The Balaban J connectivity index is 1.82. The molecule has 0 aromatic heterocycles. The molecule has 32 heavy (non-hydrogen) atoms. The third-order valence-electron chi connectivity index (χ3n) is 6.93. The van der Waals surface area contributed by atoms with Crippen LogP contribution in [-0.2, 0) is 16.8 Å². The van der Waals surface area contributed by atoms with Gasteiger partial charge in [-0.25, -0.2) is 4.79 Å². The van der Waals surface area contributed by atoms with Gasteiger partial charge in [0.05, 0.1) is 11.5 Å². The van der Waals surface area contributed by atoms with Gasteiger partial charge < -0.3 is 15.3 Å². The van der Waals surface area contributed by atoms with Crippen LogP contribution in [0.3, 0.4) is 0 Å². The number of aliphatic carboxylic acids is 1. The lowest BCUT2D eigenvalue weighted by molar-refractivity contribution is -0.146. The van der Waals surface area contributed by atoms with Crippen molar-refractivity contribution in [2.24, 2.45) is 23.2 Å². The minimum Gasteiger partial charge on any atom is -0.481 e. The van der Waals surface area contributed by atoms with E-state index in [1.807, 2.05) is 19.2 Å². The van der Waals surface area contributed by atoms with Crippen molar-refractivity contribution in [2.75, 3.05) is 6.54 Å². The zero-order valence-electron chi connectivity index (χ0n) is 20.2. The molecule has 0 unspecified atom stereocenters. The summed E-state index contributed by atoms with van der Waals surface area (Å²) in [5.74, 6) is -0.563. The molecule has 1 fully saturated rings. The second-order valence-electron chi connectivity index (χ2n) is 11.2. The van der Waals surface area contributed by atoms with Crippen LogP contribution in [0.15, 0.2) is 30.0 Å². The van der Waals surface area contributed by atoms with Gasteiger partial charge in [-0.3, -0.25) is 4.79 Å². The summed E-state index contributed by atoms with van der Waals surface area (Å²) in [4.78, 5) is 25.8. The van der Waals surface area contributed by atoms with Crippen LogP contribution < -0.4 is 5.32 Å². The van der Waals surface area contributed by atoms with Gasteiger partial charge in [-0.2, -0.15) is 0 Å². The van der Waals surface area contributed by atoms with Crippen LogP contribution in [0.25, 0.3) is 0 Å². The minimum absolute atomic E-state index is 0.149. The van der Waals surface area contributed by atoms with Crippen molar-refractivity contribution in [3.05, 3.63) is 46.1 Å². The molecule has 1 aliphatic carbocycles. The number of nitrogens with zero attached hydrogens (tertiary/aromatic N) is 1. The van der Waals surface area contributed by atoms with Crippen LogP contribution in [0.1, 0.15) is 71.9 Å². The molecule has 1 heterocycles. The van der Waals surface area contributed by atoms with Crippen molar-refractivity contribution < 1.29 is 14.7 Å². The van der Waals surface area contributed by atoms with Crippen LogP contribution in [-0.4, -0.2) is 28.6 Å². The van der Waals surface area contributed by atoms with Gasteiger partial charge in [-0.1, -0.05) is 58.4 Å². The van der Waals surface area contributed by atoms with E-state index < -0.39 is 11.5 Å². The van der Waals surface area contributed by atoms with Crippen LogP contribution >= 0.6 is 11.6 Å². The lowest BCUT2D eigenvalue weighted by Crippen LogP contribution is -2.56. The molecule has 1 aromatic carbocycles. The van der Waals surface area contributed by atoms with Crippen molar-refractivity contribution in [1.82, 2.24) is 10.2 Å². The Labute approximate surface area is 197 Å². The average Bonchev–Trinajstić information content (AvgIpc) is 2.63. The van der Waals surface area contributed by atoms with E-state index >= 15 is 0 Å². The first-order valence-corrected chi connectivity index (χ1v) is 12.0. The minimum atomic E-state index is -0.738. The van der Waals surface area contributed by atoms with Crippen LogP contribution in [0.5, 0.6) is 0 Å². The smallest absolute Gasteiger partial charge is 0.322 e. The van der Waals surface area contributed by atoms with Crippen LogP contribution in [0.2, 0.25) is 5.02 Å². The molecule has 1 saturated carbocycles. The lowest BCUT2D eigenvalue weighted by Gasteiger charge is -2.44. The number of carbonyl (C=O) groups excluding carboxylic acids is 1. The highest BCUT2D eigenvalue weighted by Gasteiger charge is 2.42. The second kappa shape index (κ2) is 9.09. The van der Waals surface area contributed by atoms with E-state index in [1.165, 1.54) is 0 Å². The van der Waals surface area contributed by atoms with Crippen LogP contribution in [0, 0.1) is 23.2 Å². The van der Waals surface area contributed by atoms with Gasteiger partial charge in [0.25, 0.3) is 0 Å². The molecular formula is C26H37ClN2O3. The number of hydrogen-bond donors (Lipinski definition) is 2. The van der Waals surface area contributed by atoms with Gasteiger partial charge in [0.1, 0.15) is 0 Å². The lowest BCUT2D eigenvalue weighted by atomic mass is 9.74. The number of carbonyl (C=O) groups is 2. The Morgan fingerprint density at radius 2 is 1.97 bits per heavy atom. The largest absolute Gasteiger partial charge is 0.481 e. The van der Waals surface area contributed by atoms with Gasteiger partial charge >= 0.3 is 12.0 Å². The molecule has 0 bridgehead atoms. The highest BCUT2D eigenvalue weighted by atomic mass is 35.5. The number of nitrogens with one attached hydrogen (secondary N) is 1. The van der Waals surface area contributed by atoms with E-state index in [1.54, 1.807) is 4.90 Å². The predicted octanol–water partition coefficient (Wildman–Crippen LogP) is 6.21. The first-order valence-electron chi connectivity index (χ1n) is 11.6. The Morgan fingerprint density at radius 3 is 2.50 bits per heavy atom. The molecule has 2 aliphatic rings. The molecular weight excluding hydrogens is 424 g/mol. The maximum Gasteiger partial charge on any atom is 0.322 e. The molecule has 0 radical (unpaired) electrons. The molecule has 0 spiro atoms. The summed E-state index contributed by atoms with van der Waals surface area (Å²) < 4.78 is 0. The van der Waals surface area contributed by atoms with Gasteiger partial charge in [0, 0.05) is 17.8 Å². The quantitative estimate of drug-likeness (QED) is 0.508. The van der Waals surface area contributed by atoms with E-state index in [9.17, 15) is 9.59 Å². The zero-order valence-corrected chi connectivity index (χ0v) is 20.9. The number of halogens is 1. The number of hydrogen-bond acceptors (Lipinski definition) is 2. The second-order valence-corrected chi connectivity index (χ2v) is 11.6. The molecule has 3 rings (SSSR count). The zero-order chi connectivity index (χ0) is 23.8. The summed E-state index contributed by atoms with van der Waals surface area (Å²) in [5, 5.41) is 13.1. The maximum absolute atomic E-state index is 13.0. The third-order valence-corrected chi connectivity index (χ3v) is 7.28. The van der Waals surface area contributed by atoms with E-state index in [2.05, 4.69) is 52.1 Å². The normalized spacial score (nSPS) is 25.9. The molecule has 1 aliphatic heterocycles. The van der Waals surface area contributed by atoms with Gasteiger partial charge in [-0.05, 0) is 72.6 Å². The monoisotopic (exact) mass is 460 g/mol. The number of aryl methyl sites for hydroxylation is 1. The first-order chi connectivity index (χ1) is 14.8. The van der Waals surface area contributed by atoms with Crippen molar-refractivity contribution in [2.45, 2.75) is 72.8 Å². The Morgan fingerprint density at radius 1 is 1.31 bits per heavy atom. The summed E-state index contributed by atoms with van der Waals surface area (Å²) in [6.45, 7) is 13.5. The van der Waals surface area contributed by atoms with Crippen molar-refractivity contribution >= 4 is 23.6 Å². The van der Waals surface area contributed by atoms with Crippen molar-refractivity contribution in [3.8, 4) is 0 Å². The molecule has 2 amide bonds. The topological polar surface area (TPSA) is 69.6 Å². The molecule has 176 valence electrons. The molecule has 1 aromatic rings. The Kier molecular flexibility index (Phi) is 6.99. The number of carboxylic acid groups (broad SMARTS) is 1. The summed E-state index contributed by atoms with van der Waals surface area (Å²) in [5.41, 5.74) is 2.82. The number of amides is 2. The standard InChI is InChI=1S/C26H37ClN2O3/c1-16(2)21-15-29(14-17-11-19(12-17)23(30)31)24(32)28-26(21,6)20-8-7-18(22(27)13-20)9-10-25(3,4)5/h7-8,13,15-17,19H,9-12,14H2,1-6H3,(H,28,32)(H,30,31)/t17-,19-,26-/m0/s1. The van der Waals surface area contributed by atoms with Gasteiger partial charge in [-0.15, -0.1) is 0 Å². The maximum atomic E-state index is 13.0. The van der Waals surface area contributed by atoms with E-state index in [0.29, 0.717) is 19.4 Å². The van der Waals surface area contributed by atoms with E-state index in [4.69, 9.17) is 16.7 Å². The fraction of sp³-hybridized carbons (Fsp3) is 0.615. The number of carboxylic acids is 1. The fourth-order valence-electron chi connectivity index (χ4n) is 4.75. The third kappa shape index (κ3) is 5.31. The van der Waals surface area contributed by atoms with Crippen molar-refractivity contribution in [3.63, 3.8) is 0 Å². The molecule has 1 atom stereocenters. The number of benzene rings is 1. The Hall–Kier alpha value is -2.01. The van der Waals surface area contributed by atoms with Crippen LogP contribution in [0.4, 0.5) is 4.79 Å². The first kappa shape index (κ1) is 24.6. The predicted molar refractivity (Wildman–Crippen MR) is 129 cm³/mol. The average molecular weight is 461 g/mol. The van der Waals surface area contributed by atoms with Gasteiger partial charge in [0.15, 0.2) is 0 Å². The van der Waals surface area contributed by atoms with Crippen molar-refractivity contribution in [1.29, 1.82) is 0 Å².